The zero-order valence-corrected chi connectivity index (χ0v) is 12.2. The molecular weight excluding hydrogens is 256 g/mol. The molecule has 3 nitrogen and oxygen atoms in total. The van der Waals surface area contributed by atoms with Crippen LogP contribution < -0.4 is 5.32 Å². The molecule has 0 atom stereocenters. The molecule has 0 aliphatic rings. The van der Waals surface area contributed by atoms with Crippen molar-refractivity contribution in [3.8, 4) is 0 Å². The number of thioether (sulfide) groups is 1. The van der Waals surface area contributed by atoms with Gasteiger partial charge in [0.15, 0.2) is 0 Å². The van der Waals surface area contributed by atoms with E-state index < -0.39 is 0 Å². The lowest BCUT2D eigenvalue weighted by atomic mass is 10.2. The Kier molecular flexibility index (Phi) is 5.48. The molecule has 0 unspecified atom stereocenters. The van der Waals surface area contributed by atoms with E-state index in [1.54, 1.807) is 18.0 Å². The van der Waals surface area contributed by atoms with Crippen LogP contribution in [0.15, 0.2) is 45.9 Å². The third-order valence-electron chi connectivity index (χ3n) is 2.65. The number of hydrogen-bond acceptors (Lipinski definition) is 4. The van der Waals surface area contributed by atoms with Gasteiger partial charge in [-0.05, 0) is 30.2 Å². The van der Waals surface area contributed by atoms with Crippen LogP contribution in [0, 0.1) is 5.92 Å². The van der Waals surface area contributed by atoms with Gasteiger partial charge in [0.25, 0.3) is 0 Å². The lowest BCUT2D eigenvalue weighted by molar-refractivity contribution is 0.395. The maximum Gasteiger partial charge on any atom is 0.146 e. The first-order valence-electron chi connectivity index (χ1n) is 6.56. The molecule has 0 aliphatic heterocycles. The van der Waals surface area contributed by atoms with Crippen molar-refractivity contribution < 1.29 is 4.52 Å². The Morgan fingerprint density at radius 2 is 2.21 bits per heavy atom. The first kappa shape index (κ1) is 14.2. The topological polar surface area (TPSA) is 38.1 Å². The maximum absolute atomic E-state index is 5.09. The third-order valence-corrected chi connectivity index (χ3v) is 3.67. The van der Waals surface area contributed by atoms with Crippen LogP contribution in [-0.2, 0) is 12.3 Å². The van der Waals surface area contributed by atoms with Crippen LogP contribution >= 0.6 is 11.8 Å². The van der Waals surface area contributed by atoms with Gasteiger partial charge in [0.1, 0.15) is 5.76 Å². The van der Waals surface area contributed by atoms with Crippen molar-refractivity contribution in [2.24, 2.45) is 5.92 Å². The van der Waals surface area contributed by atoms with Gasteiger partial charge >= 0.3 is 0 Å². The molecule has 2 rings (SSSR count). The van der Waals surface area contributed by atoms with E-state index in [4.69, 9.17) is 4.52 Å². The largest absolute Gasteiger partial charge is 0.361 e. The van der Waals surface area contributed by atoms with Crippen LogP contribution in [0.25, 0.3) is 0 Å². The third kappa shape index (κ3) is 5.09. The minimum absolute atomic E-state index is 0.684. The molecule has 0 fully saturated rings. The first-order chi connectivity index (χ1) is 9.24. The Hall–Kier alpha value is -1.26. The normalized spacial score (nSPS) is 11.1. The molecule has 0 saturated heterocycles. The zero-order chi connectivity index (χ0) is 13.5. The van der Waals surface area contributed by atoms with E-state index in [0.717, 1.165) is 24.6 Å². The second-order valence-electron chi connectivity index (χ2n) is 4.94. The molecule has 0 amide bonds. The van der Waals surface area contributed by atoms with Crippen molar-refractivity contribution in [2.45, 2.75) is 31.0 Å². The van der Waals surface area contributed by atoms with Crippen molar-refractivity contribution in [2.75, 3.05) is 6.54 Å². The van der Waals surface area contributed by atoms with Crippen molar-refractivity contribution in [1.29, 1.82) is 0 Å². The second kappa shape index (κ2) is 7.36. The van der Waals surface area contributed by atoms with Crippen LogP contribution in [0.4, 0.5) is 0 Å². The van der Waals surface area contributed by atoms with Gasteiger partial charge in [0.2, 0.25) is 0 Å². The number of nitrogens with zero attached hydrogens (tertiary/aromatic N) is 1. The van der Waals surface area contributed by atoms with Gasteiger partial charge in [0, 0.05) is 17.5 Å². The second-order valence-corrected chi connectivity index (χ2v) is 5.99. The van der Waals surface area contributed by atoms with Crippen LogP contribution in [0.3, 0.4) is 0 Å². The number of hydrogen-bond donors (Lipinski definition) is 1. The number of nitrogens with one attached hydrogen (secondary N) is 1. The Labute approximate surface area is 118 Å². The van der Waals surface area contributed by atoms with Gasteiger partial charge in [0.05, 0.1) is 11.9 Å². The smallest absolute Gasteiger partial charge is 0.146 e. The molecule has 1 aromatic carbocycles. The SMILES string of the molecule is CC(C)CNCc1cccc(SCc2ccno2)c1. The van der Waals surface area contributed by atoms with Crippen molar-refractivity contribution in [3.63, 3.8) is 0 Å². The average molecular weight is 276 g/mol. The highest BCUT2D eigenvalue weighted by atomic mass is 32.2. The van der Waals surface area contributed by atoms with E-state index in [2.05, 4.69) is 48.6 Å². The van der Waals surface area contributed by atoms with Gasteiger partial charge in [-0.25, -0.2) is 0 Å². The minimum atomic E-state index is 0.684. The fraction of sp³-hybridized carbons (Fsp3) is 0.400. The fourth-order valence-electron chi connectivity index (χ4n) is 1.72. The van der Waals surface area contributed by atoms with Gasteiger partial charge in [-0.1, -0.05) is 31.1 Å². The maximum atomic E-state index is 5.09. The summed E-state index contributed by atoms with van der Waals surface area (Å²) in [5.74, 6) is 2.42. The lowest BCUT2D eigenvalue weighted by Crippen LogP contribution is -2.18. The summed E-state index contributed by atoms with van der Waals surface area (Å²) in [4.78, 5) is 1.26. The summed E-state index contributed by atoms with van der Waals surface area (Å²) in [7, 11) is 0. The molecule has 19 heavy (non-hydrogen) atoms. The van der Waals surface area contributed by atoms with Gasteiger partial charge in [-0.3, -0.25) is 0 Å². The van der Waals surface area contributed by atoms with Crippen LogP contribution in [-0.4, -0.2) is 11.7 Å². The molecule has 0 saturated carbocycles. The molecule has 1 aromatic heterocycles. The monoisotopic (exact) mass is 276 g/mol. The summed E-state index contributed by atoms with van der Waals surface area (Å²) in [5, 5.41) is 7.17. The predicted octanol–water partition coefficient (Wildman–Crippen LogP) is 3.71. The molecule has 1 heterocycles. The summed E-state index contributed by atoms with van der Waals surface area (Å²) >= 11 is 1.77. The van der Waals surface area contributed by atoms with Crippen LogP contribution in [0.1, 0.15) is 25.2 Å². The van der Waals surface area contributed by atoms with Crippen LogP contribution in [0.5, 0.6) is 0 Å². The van der Waals surface area contributed by atoms with E-state index >= 15 is 0 Å². The Bertz CT molecular complexity index is 483. The molecule has 1 N–H and O–H groups in total. The zero-order valence-electron chi connectivity index (χ0n) is 11.4. The number of aromatic nitrogens is 1. The molecule has 102 valence electrons. The van der Waals surface area contributed by atoms with E-state index in [-0.39, 0.29) is 0 Å². The Morgan fingerprint density at radius 3 is 2.95 bits per heavy atom. The van der Waals surface area contributed by atoms with E-state index in [1.165, 1.54) is 10.5 Å². The molecule has 0 bridgehead atoms. The van der Waals surface area contributed by atoms with E-state index in [9.17, 15) is 0 Å². The van der Waals surface area contributed by atoms with E-state index in [1.807, 2.05) is 6.07 Å². The van der Waals surface area contributed by atoms with Gasteiger partial charge in [-0.15, -0.1) is 11.8 Å². The standard InChI is InChI=1S/C15H20N2OS/c1-12(2)9-16-10-13-4-3-5-15(8-13)19-11-14-6-7-17-18-14/h3-8,12,16H,9-11H2,1-2H3. The summed E-state index contributed by atoms with van der Waals surface area (Å²) in [6.45, 7) is 6.41. The van der Waals surface area contributed by atoms with Gasteiger partial charge in [-0.2, -0.15) is 0 Å². The van der Waals surface area contributed by atoms with Crippen LogP contribution in [0.2, 0.25) is 0 Å². The Morgan fingerprint density at radius 1 is 1.32 bits per heavy atom. The number of benzene rings is 1. The minimum Gasteiger partial charge on any atom is -0.361 e. The molecule has 0 aliphatic carbocycles. The highest BCUT2D eigenvalue weighted by Crippen LogP contribution is 2.23. The number of rotatable bonds is 7. The summed E-state index contributed by atoms with van der Waals surface area (Å²) in [5.41, 5.74) is 1.32. The molecule has 4 heteroatoms. The summed E-state index contributed by atoms with van der Waals surface area (Å²) < 4.78 is 5.09. The highest BCUT2D eigenvalue weighted by Gasteiger charge is 2.01. The van der Waals surface area contributed by atoms with Crippen molar-refractivity contribution in [1.82, 2.24) is 10.5 Å². The summed E-state index contributed by atoms with van der Waals surface area (Å²) in [6, 6.07) is 10.5. The summed E-state index contributed by atoms with van der Waals surface area (Å²) in [6.07, 6.45) is 1.68. The molecule has 0 radical (unpaired) electrons. The lowest BCUT2D eigenvalue weighted by Gasteiger charge is -2.08. The average Bonchev–Trinajstić information content (AvgIpc) is 2.89. The van der Waals surface area contributed by atoms with Gasteiger partial charge < -0.3 is 9.84 Å². The van der Waals surface area contributed by atoms with E-state index in [0.29, 0.717) is 5.92 Å². The predicted molar refractivity (Wildman–Crippen MR) is 79.1 cm³/mol. The quantitative estimate of drug-likeness (QED) is 0.782. The Balaban J connectivity index is 1.84. The molecule has 0 spiro atoms. The molecule has 2 aromatic rings. The first-order valence-corrected chi connectivity index (χ1v) is 7.54. The van der Waals surface area contributed by atoms with Crippen molar-refractivity contribution >= 4 is 11.8 Å². The molecular formula is C15H20N2OS. The fourth-order valence-corrected chi connectivity index (χ4v) is 2.59. The highest BCUT2D eigenvalue weighted by molar-refractivity contribution is 7.98. The van der Waals surface area contributed by atoms with Crippen molar-refractivity contribution in [3.05, 3.63) is 47.9 Å².